The van der Waals surface area contributed by atoms with Crippen molar-refractivity contribution in [2.24, 2.45) is 0 Å². The maximum atomic E-state index is 13.3. The van der Waals surface area contributed by atoms with Crippen LogP contribution in [0.2, 0.25) is 0 Å². The quantitative estimate of drug-likeness (QED) is 0.405. The van der Waals surface area contributed by atoms with E-state index in [1.165, 1.54) is 24.5 Å². The number of likely N-dealkylation sites (N-methyl/N-ethyl adjacent to an activating group) is 1. The van der Waals surface area contributed by atoms with E-state index in [2.05, 4.69) is 15.6 Å². The Morgan fingerprint density at radius 1 is 1.05 bits per heavy atom. The van der Waals surface area contributed by atoms with Crippen LogP contribution in [-0.4, -0.2) is 73.1 Å². The molecule has 1 aliphatic rings. The molecule has 0 unspecified atom stereocenters. The summed E-state index contributed by atoms with van der Waals surface area (Å²) in [6, 6.07) is 15.0. The minimum atomic E-state index is -0.287. The smallest absolute Gasteiger partial charge is 0.321 e. The molecule has 1 aromatic heterocycles. The Morgan fingerprint density at radius 3 is 2.51 bits per heavy atom. The molecule has 1 aliphatic heterocycles. The molecule has 0 bridgehead atoms. The normalized spacial score (nSPS) is 13.7. The number of aromatic nitrogens is 1. The maximum absolute atomic E-state index is 13.3. The Balaban J connectivity index is 1.20. The van der Waals surface area contributed by atoms with E-state index in [1.807, 2.05) is 49.3 Å². The predicted molar refractivity (Wildman–Crippen MR) is 147 cm³/mol. The van der Waals surface area contributed by atoms with Gasteiger partial charge in [0.25, 0.3) is 5.91 Å². The molecule has 3 aromatic rings. The van der Waals surface area contributed by atoms with Gasteiger partial charge < -0.3 is 29.9 Å². The van der Waals surface area contributed by atoms with Gasteiger partial charge in [0.1, 0.15) is 30.0 Å². The molecule has 206 valence electrons. The van der Waals surface area contributed by atoms with Gasteiger partial charge in [-0.2, -0.15) is 0 Å². The lowest BCUT2D eigenvalue weighted by molar-refractivity contribution is 0.0950. The minimum absolute atomic E-state index is 0.0102. The standard InChI is InChI=1S/C29H34FN5O4/c1-34(2)15-12-32-28(36)22-17-24(19-31-18-22)33-29(37)35-13-10-27(11-14-35)39-26-8-6-25(7-9-26)38-20-21-4-3-5-23(30)16-21/h3-9,16-19,27H,10-15,20H2,1-2H3,(H,32,36)(H,33,37). The number of hydrogen-bond acceptors (Lipinski definition) is 6. The fourth-order valence-corrected chi connectivity index (χ4v) is 4.11. The van der Waals surface area contributed by atoms with Gasteiger partial charge >= 0.3 is 6.03 Å². The van der Waals surface area contributed by atoms with Gasteiger partial charge in [-0.3, -0.25) is 9.78 Å². The van der Waals surface area contributed by atoms with Crippen molar-refractivity contribution in [3.05, 3.63) is 83.9 Å². The van der Waals surface area contributed by atoms with E-state index in [-0.39, 0.29) is 30.5 Å². The van der Waals surface area contributed by atoms with E-state index in [4.69, 9.17) is 9.47 Å². The van der Waals surface area contributed by atoms with Crippen molar-refractivity contribution in [2.75, 3.05) is 45.6 Å². The minimum Gasteiger partial charge on any atom is -0.490 e. The van der Waals surface area contributed by atoms with Crippen LogP contribution in [-0.2, 0) is 6.61 Å². The van der Waals surface area contributed by atoms with Gasteiger partial charge in [0.05, 0.1) is 17.4 Å². The fraction of sp³-hybridized carbons (Fsp3) is 0.345. The second-order valence-corrected chi connectivity index (χ2v) is 9.65. The Hall–Kier alpha value is -4.18. The number of amides is 3. The number of piperidine rings is 1. The van der Waals surface area contributed by atoms with E-state index in [9.17, 15) is 14.0 Å². The third-order valence-corrected chi connectivity index (χ3v) is 6.25. The predicted octanol–water partition coefficient (Wildman–Crippen LogP) is 4.17. The molecule has 1 fully saturated rings. The highest BCUT2D eigenvalue weighted by molar-refractivity contribution is 5.96. The summed E-state index contributed by atoms with van der Waals surface area (Å²) >= 11 is 0. The van der Waals surface area contributed by atoms with Gasteiger partial charge in [-0.05, 0) is 62.1 Å². The van der Waals surface area contributed by atoms with Crippen molar-refractivity contribution in [3.8, 4) is 11.5 Å². The average Bonchev–Trinajstić information content (AvgIpc) is 2.93. The Bertz CT molecular complexity index is 1250. The number of nitrogens with one attached hydrogen (secondary N) is 2. The Labute approximate surface area is 227 Å². The van der Waals surface area contributed by atoms with Crippen molar-refractivity contribution in [1.29, 1.82) is 0 Å². The number of likely N-dealkylation sites (tertiary alicyclic amines) is 1. The van der Waals surface area contributed by atoms with Crippen molar-refractivity contribution >= 4 is 17.6 Å². The van der Waals surface area contributed by atoms with Crippen molar-refractivity contribution in [3.63, 3.8) is 0 Å². The van der Waals surface area contributed by atoms with Crippen LogP contribution in [0.15, 0.2) is 67.0 Å². The third kappa shape index (κ3) is 8.68. The Kier molecular flexibility index (Phi) is 9.69. The maximum Gasteiger partial charge on any atom is 0.321 e. The second-order valence-electron chi connectivity index (χ2n) is 9.65. The first kappa shape index (κ1) is 27.8. The third-order valence-electron chi connectivity index (χ3n) is 6.25. The number of carbonyl (C=O) groups is 2. The number of pyridine rings is 1. The number of rotatable bonds is 10. The molecule has 0 saturated carbocycles. The van der Waals surface area contributed by atoms with Gasteiger partial charge in [0.15, 0.2) is 0 Å². The molecule has 1 saturated heterocycles. The van der Waals surface area contributed by atoms with Gasteiger partial charge in [-0.1, -0.05) is 12.1 Å². The number of urea groups is 1. The van der Waals surface area contributed by atoms with E-state index < -0.39 is 0 Å². The largest absolute Gasteiger partial charge is 0.490 e. The van der Waals surface area contributed by atoms with Crippen molar-refractivity contribution < 1.29 is 23.5 Å². The molecular formula is C29H34FN5O4. The molecule has 3 amide bonds. The summed E-state index contributed by atoms with van der Waals surface area (Å²) in [5.74, 6) is 0.875. The monoisotopic (exact) mass is 535 g/mol. The van der Waals surface area contributed by atoms with Crippen LogP contribution >= 0.6 is 0 Å². The molecule has 0 spiro atoms. The molecule has 0 radical (unpaired) electrons. The van der Waals surface area contributed by atoms with Crippen LogP contribution in [0.4, 0.5) is 14.9 Å². The SMILES string of the molecule is CN(C)CCNC(=O)c1cncc(NC(=O)N2CCC(Oc3ccc(OCc4cccc(F)c4)cc3)CC2)c1. The lowest BCUT2D eigenvalue weighted by atomic mass is 10.1. The zero-order valence-electron chi connectivity index (χ0n) is 22.2. The van der Waals surface area contributed by atoms with E-state index in [0.717, 1.165) is 17.9 Å². The summed E-state index contributed by atoms with van der Waals surface area (Å²) in [6.07, 6.45) is 4.38. The van der Waals surface area contributed by atoms with Crippen molar-refractivity contribution in [1.82, 2.24) is 20.1 Å². The highest BCUT2D eigenvalue weighted by Gasteiger charge is 2.24. The summed E-state index contributed by atoms with van der Waals surface area (Å²) in [5, 5.41) is 5.68. The van der Waals surface area contributed by atoms with E-state index in [0.29, 0.717) is 49.5 Å². The van der Waals surface area contributed by atoms with Crippen LogP contribution in [0.5, 0.6) is 11.5 Å². The van der Waals surface area contributed by atoms with Crippen LogP contribution in [0.3, 0.4) is 0 Å². The number of hydrogen-bond donors (Lipinski definition) is 2. The number of halogens is 1. The number of ether oxygens (including phenoxy) is 2. The molecule has 10 heteroatoms. The second kappa shape index (κ2) is 13.6. The van der Waals surface area contributed by atoms with Crippen LogP contribution in [0.25, 0.3) is 0 Å². The number of nitrogens with zero attached hydrogens (tertiary/aromatic N) is 3. The molecule has 2 heterocycles. The van der Waals surface area contributed by atoms with Gasteiger partial charge in [-0.25, -0.2) is 9.18 Å². The fourth-order valence-electron chi connectivity index (χ4n) is 4.11. The highest BCUT2D eigenvalue weighted by Crippen LogP contribution is 2.23. The number of benzene rings is 2. The van der Waals surface area contributed by atoms with Crippen LogP contribution in [0.1, 0.15) is 28.8 Å². The van der Waals surface area contributed by atoms with Gasteiger partial charge in [0, 0.05) is 45.2 Å². The summed E-state index contributed by atoms with van der Waals surface area (Å²) in [5.41, 5.74) is 1.62. The first-order valence-electron chi connectivity index (χ1n) is 12.9. The van der Waals surface area contributed by atoms with E-state index in [1.54, 1.807) is 17.0 Å². The summed E-state index contributed by atoms with van der Waals surface area (Å²) in [7, 11) is 3.87. The van der Waals surface area contributed by atoms with Crippen molar-refractivity contribution in [2.45, 2.75) is 25.6 Å². The molecule has 2 N–H and O–H groups in total. The molecule has 39 heavy (non-hydrogen) atoms. The Morgan fingerprint density at radius 2 is 1.79 bits per heavy atom. The summed E-state index contributed by atoms with van der Waals surface area (Å²) in [6.45, 7) is 2.62. The molecule has 4 rings (SSSR count). The lowest BCUT2D eigenvalue weighted by Crippen LogP contribution is -2.43. The average molecular weight is 536 g/mol. The molecule has 0 atom stereocenters. The van der Waals surface area contributed by atoms with Gasteiger partial charge in [-0.15, -0.1) is 0 Å². The summed E-state index contributed by atoms with van der Waals surface area (Å²) in [4.78, 5) is 32.9. The number of carbonyl (C=O) groups excluding carboxylic acids is 2. The lowest BCUT2D eigenvalue weighted by Gasteiger charge is -2.32. The van der Waals surface area contributed by atoms with Crippen LogP contribution < -0.4 is 20.1 Å². The zero-order chi connectivity index (χ0) is 27.6. The molecule has 0 aliphatic carbocycles. The molecular weight excluding hydrogens is 501 g/mol. The summed E-state index contributed by atoms with van der Waals surface area (Å²) < 4.78 is 25.1. The molecule has 2 aromatic carbocycles. The van der Waals surface area contributed by atoms with E-state index >= 15 is 0 Å². The first-order chi connectivity index (χ1) is 18.9. The topological polar surface area (TPSA) is 96.0 Å². The highest BCUT2D eigenvalue weighted by atomic mass is 19.1. The molecule has 9 nitrogen and oxygen atoms in total. The number of anilines is 1. The first-order valence-corrected chi connectivity index (χ1v) is 12.9. The van der Waals surface area contributed by atoms with Gasteiger partial charge in [0.2, 0.25) is 0 Å². The zero-order valence-corrected chi connectivity index (χ0v) is 22.2. The van der Waals surface area contributed by atoms with Crippen LogP contribution in [0, 0.1) is 5.82 Å².